The SMILES string of the molecule is CC(C)(O)CNc1nc(CNC(=O)[C@@H]2CCCN2S(=O)(=O)c2ccc(Cl)s2)cc(-c2ccc(C(F)(F)F)cc2)n1. The molecule has 0 radical (unpaired) electrons. The van der Waals surface area contributed by atoms with E-state index in [-0.39, 0.29) is 29.8 Å². The molecule has 2 aromatic heterocycles. The summed E-state index contributed by atoms with van der Waals surface area (Å²) in [6, 6.07) is 7.94. The molecule has 3 aromatic rings. The fourth-order valence-electron chi connectivity index (χ4n) is 4.08. The summed E-state index contributed by atoms with van der Waals surface area (Å²) < 4.78 is 66.8. The summed E-state index contributed by atoms with van der Waals surface area (Å²) in [5.74, 6) is -0.409. The number of hydrogen-bond donors (Lipinski definition) is 3. The van der Waals surface area contributed by atoms with Crippen molar-refractivity contribution in [3.8, 4) is 11.3 Å². The predicted molar refractivity (Wildman–Crippen MR) is 145 cm³/mol. The van der Waals surface area contributed by atoms with E-state index in [4.69, 9.17) is 11.6 Å². The second-order valence-corrected chi connectivity index (χ2v) is 13.7. The largest absolute Gasteiger partial charge is 0.416 e. The number of benzene rings is 1. The fraction of sp³-hybridized carbons (Fsp3) is 0.400. The highest BCUT2D eigenvalue weighted by Crippen LogP contribution is 2.33. The molecular formula is C25H27ClF3N5O4S2. The number of nitrogens with zero attached hydrogens (tertiary/aromatic N) is 3. The number of sulfonamides is 1. The molecule has 1 amide bonds. The number of aliphatic hydroxyl groups is 1. The summed E-state index contributed by atoms with van der Waals surface area (Å²) in [5.41, 5.74) is -0.900. The topological polar surface area (TPSA) is 125 Å². The molecule has 3 heterocycles. The van der Waals surface area contributed by atoms with E-state index >= 15 is 0 Å². The third-order valence-corrected chi connectivity index (χ3v) is 9.63. The predicted octanol–water partition coefficient (Wildman–Crippen LogP) is 4.53. The van der Waals surface area contributed by atoms with Crippen LogP contribution < -0.4 is 10.6 Å². The number of alkyl halides is 3. The average molecular weight is 618 g/mol. The van der Waals surface area contributed by atoms with Crippen molar-refractivity contribution in [1.29, 1.82) is 0 Å². The van der Waals surface area contributed by atoms with Crippen LogP contribution in [0.15, 0.2) is 46.7 Å². The van der Waals surface area contributed by atoms with Gasteiger partial charge in [-0.2, -0.15) is 17.5 Å². The molecule has 1 aromatic carbocycles. The lowest BCUT2D eigenvalue weighted by atomic mass is 10.1. The Morgan fingerprint density at radius 3 is 2.48 bits per heavy atom. The van der Waals surface area contributed by atoms with Crippen LogP contribution in [0.1, 0.15) is 37.9 Å². The lowest BCUT2D eigenvalue weighted by molar-refractivity contribution is -0.137. The first-order valence-electron chi connectivity index (χ1n) is 12.2. The molecule has 40 heavy (non-hydrogen) atoms. The van der Waals surface area contributed by atoms with Crippen LogP contribution in [-0.4, -0.2) is 58.4 Å². The van der Waals surface area contributed by atoms with Crippen LogP contribution in [0.2, 0.25) is 4.34 Å². The maximum Gasteiger partial charge on any atom is 0.416 e. The first kappa shape index (κ1) is 30.2. The molecule has 3 N–H and O–H groups in total. The summed E-state index contributed by atoms with van der Waals surface area (Å²) >= 11 is 6.82. The Morgan fingerprint density at radius 1 is 1.18 bits per heavy atom. The van der Waals surface area contributed by atoms with Crippen LogP contribution in [-0.2, 0) is 27.5 Å². The van der Waals surface area contributed by atoms with Gasteiger partial charge in [-0.25, -0.2) is 18.4 Å². The minimum Gasteiger partial charge on any atom is -0.389 e. The van der Waals surface area contributed by atoms with Gasteiger partial charge in [0.15, 0.2) is 0 Å². The number of carbonyl (C=O) groups excluding carboxylic acids is 1. The number of hydrogen-bond acceptors (Lipinski definition) is 8. The van der Waals surface area contributed by atoms with Crippen LogP contribution in [0.25, 0.3) is 11.3 Å². The molecule has 0 bridgehead atoms. The van der Waals surface area contributed by atoms with Gasteiger partial charge in [0.05, 0.1) is 33.4 Å². The number of rotatable bonds is 9. The van der Waals surface area contributed by atoms with Gasteiger partial charge >= 0.3 is 6.18 Å². The van der Waals surface area contributed by atoms with Crippen molar-refractivity contribution < 1.29 is 31.5 Å². The van der Waals surface area contributed by atoms with E-state index in [2.05, 4.69) is 20.6 Å². The third kappa shape index (κ3) is 7.29. The van der Waals surface area contributed by atoms with Gasteiger partial charge in [-0.15, -0.1) is 11.3 Å². The normalized spacial score (nSPS) is 16.7. The average Bonchev–Trinajstić information content (AvgIpc) is 3.55. The van der Waals surface area contributed by atoms with Gasteiger partial charge in [-0.3, -0.25) is 4.79 Å². The number of anilines is 1. The molecule has 0 unspecified atom stereocenters. The van der Waals surface area contributed by atoms with Crippen LogP contribution in [0.5, 0.6) is 0 Å². The van der Waals surface area contributed by atoms with Crippen molar-refractivity contribution in [2.75, 3.05) is 18.4 Å². The highest BCUT2D eigenvalue weighted by Gasteiger charge is 2.40. The maximum atomic E-state index is 13.1. The van der Waals surface area contributed by atoms with Gasteiger partial charge in [-0.1, -0.05) is 23.7 Å². The molecule has 1 fully saturated rings. The summed E-state index contributed by atoms with van der Waals surface area (Å²) in [5, 5.41) is 15.7. The molecule has 0 saturated carbocycles. The first-order chi connectivity index (χ1) is 18.6. The van der Waals surface area contributed by atoms with E-state index in [1.807, 2.05) is 0 Å². The summed E-state index contributed by atoms with van der Waals surface area (Å²) in [4.78, 5) is 21.8. The van der Waals surface area contributed by atoms with E-state index in [9.17, 15) is 31.5 Å². The second-order valence-electron chi connectivity index (χ2n) is 9.86. The standard InChI is InChI=1S/C25H27ClF3N5O4S2/c1-24(2,36)14-31-23-32-17(12-18(33-23)15-5-7-16(8-6-15)25(27,28)29)13-30-22(35)19-4-3-11-34(19)40(37,38)21-10-9-20(26)39-21/h5-10,12,19,36H,3-4,11,13-14H2,1-2H3,(H,30,35)(H,31,32,33)/t19-/m0/s1. The maximum absolute atomic E-state index is 13.1. The Balaban J connectivity index is 1.54. The van der Waals surface area contributed by atoms with Crippen LogP contribution >= 0.6 is 22.9 Å². The monoisotopic (exact) mass is 617 g/mol. The van der Waals surface area contributed by atoms with Gasteiger partial charge in [0.1, 0.15) is 10.3 Å². The molecule has 0 spiro atoms. The van der Waals surface area contributed by atoms with E-state index in [0.717, 1.165) is 27.8 Å². The third-order valence-electron chi connectivity index (χ3n) is 6.03. The summed E-state index contributed by atoms with van der Waals surface area (Å²) in [6.45, 7) is 3.32. The molecule has 1 aliphatic rings. The van der Waals surface area contributed by atoms with Gasteiger partial charge in [0.25, 0.3) is 10.0 Å². The molecule has 9 nitrogen and oxygen atoms in total. The molecule has 216 valence electrons. The van der Waals surface area contributed by atoms with Crippen molar-refractivity contribution >= 4 is 44.8 Å². The summed E-state index contributed by atoms with van der Waals surface area (Å²) in [7, 11) is -3.91. The van der Waals surface area contributed by atoms with Gasteiger partial charge < -0.3 is 15.7 Å². The first-order valence-corrected chi connectivity index (χ1v) is 14.8. The Hall–Kier alpha value is -2.78. The number of aromatic nitrogens is 2. The molecule has 1 atom stereocenters. The van der Waals surface area contributed by atoms with Crippen molar-refractivity contribution in [2.24, 2.45) is 0 Å². The van der Waals surface area contributed by atoms with Crippen molar-refractivity contribution in [1.82, 2.24) is 19.6 Å². The highest BCUT2D eigenvalue weighted by atomic mass is 35.5. The van der Waals surface area contributed by atoms with Gasteiger partial charge in [0, 0.05) is 18.7 Å². The Kier molecular flexibility index (Phi) is 8.76. The molecular weight excluding hydrogens is 591 g/mol. The molecule has 15 heteroatoms. The zero-order valence-electron chi connectivity index (χ0n) is 21.5. The van der Waals surface area contributed by atoms with Crippen LogP contribution in [0.3, 0.4) is 0 Å². The smallest absolute Gasteiger partial charge is 0.389 e. The second kappa shape index (κ2) is 11.6. The lowest BCUT2D eigenvalue weighted by Gasteiger charge is -2.22. The van der Waals surface area contributed by atoms with Crippen LogP contribution in [0, 0.1) is 0 Å². The Bertz CT molecular complexity index is 1470. The summed E-state index contributed by atoms with van der Waals surface area (Å²) in [6.07, 6.45) is -3.65. The lowest BCUT2D eigenvalue weighted by Crippen LogP contribution is -2.45. The van der Waals surface area contributed by atoms with E-state index < -0.39 is 39.3 Å². The Morgan fingerprint density at radius 2 is 1.88 bits per heavy atom. The van der Waals surface area contributed by atoms with E-state index in [0.29, 0.717) is 34.1 Å². The fourth-order valence-corrected chi connectivity index (χ4v) is 7.35. The van der Waals surface area contributed by atoms with Crippen molar-refractivity contribution in [2.45, 2.75) is 55.3 Å². The number of nitrogens with one attached hydrogen (secondary N) is 2. The molecule has 1 aliphatic heterocycles. The van der Waals surface area contributed by atoms with Gasteiger partial charge in [-0.05, 0) is 57.0 Å². The van der Waals surface area contributed by atoms with Gasteiger partial charge in [0.2, 0.25) is 11.9 Å². The van der Waals surface area contributed by atoms with Crippen LogP contribution in [0.4, 0.5) is 19.1 Å². The highest BCUT2D eigenvalue weighted by molar-refractivity contribution is 7.91. The Labute approximate surface area is 238 Å². The number of halogens is 4. The molecule has 0 aliphatic carbocycles. The molecule has 4 rings (SSSR count). The number of thiophene rings is 1. The zero-order valence-corrected chi connectivity index (χ0v) is 23.9. The van der Waals surface area contributed by atoms with Crippen molar-refractivity contribution in [3.63, 3.8) is 0 Å². The van der Waals surface area contributed by atoms with E-state index in [1.54, 1.807) is 13.8 Å². The minimum atomic E-state index is -4.49. The number of amides is 1. The quantitative estimate of drug-likeness (QED) is 0.322. The zero-order chi connectivity index (χ0) is 29.3. The molecule has 1 saturated heterocycles. The number of carbonyl (C=O) groups is 1. The van der Waals surface area contributed by atoms with Crippen molar-refractivity contribution in [3.05, 3.63) is 58.1 Å². The van der Waals surface area contributed by atoms with E-state index in [1.165, 1.54) is 30.3 Å². The minimum absolute atomic E-state index is 0.0525.